The first-order chi connectivity index (χ1) is 6.56. The molecule has 0 amide bonds. The lowest BCUT2D eigenvalue weighted by Gasteiger charge is -2.18. The number of nitrogens with zero attached hydrogens (tertiary/aromatic N) is 2. The molecule has 0 aliphatic carbocycles. The molecule has 0 saturated heterocycles. The number of fused-ring (bicyclic) bond motifs is 1. The van der Waals surface area contributed by atoms with E-state index in [1.165, 1.54) is 11.2 Å². The highest BCUT2D eigenvalue weighted by molar-refractivity contribution is 5.46. The summed E-state index contributed by atoms with van der Waals surface area (Å²) in [7, 11) is 0. The van der Waals surface area contributed by atoms with Gasteiger partial charge in [0.1, 0.15) is 0 Å². The summed E-state index contributed by atoms with van der Waals surface area (Å²) < 4.78 is 2.02. The van der Waals surface area contributed by atoms with Crippen molar-refractivity contribution in [3.05, 3.63) is 36.2 Å². The molecule has 2 aromatic heterocycles. The van der Waals surface area contributed by atoms with E-state index in [0.717, 1.165) is 6.42 Å². The second kappa shape index (κ2) is 3.12. The Labute approximate surface area is 84.6 Å². The molecule has 0 radical (unpaired) electrons. The Hall–Kier alpha value is -1.31. The normalized spacial score (nSPS) is 12.2. The summed E-state index contributed by atoms with van der Waals surface area (Å²) >= 11 is 0. The van der Waals surface area contributed by atoms with Crippen LogP contribution in [0.1, 0.15) is 26.5 Å². The minimum absolute atomic E-state index is 0.306. The minimum atomic E-state index is 0.306. The van der Waals surface area contributed by atoms with Crippen LogP contribution in [0.15, 0.2) is 30.5 Å². The summed E-state index contributed by atoms with van der Waals surface area (Å²) in [6.07, 6.45) is 2.90. The van der Waals surface area contributed by atoms with Gasteiger partial charge in [-0.25, -0.2) is 4.52 Å². The zero-order valence-electron chi connectivity index (χ0n) is 8.99. The summed E-state index contributed by atoms with van der Waals surface area (Å²) in [5, 5.41) is 4.32. The van der Waals surface area contributed by atoms with Gasteiger partial charge in [-0.05, 0) is 30.0 Å². The molecular weight excluding hydrogens is 172 g/mol. The molecule has 0 saturated carbocycles. The molecule has 0 atom stereocenters. The second-order valence-electron chi connectivity index (χ2n) is 4.92. The van der Waals surface area contributed by atoms with Crippen LogP contribution in [0.3, 0.4) is 0 Å². The first-order valence-electron chi connectivity index (χ1n) is 4.98. The fourth-order valence-corrected chi connectivity index (χ4v) is 1.69. The van der Waals surface area contributed by atoms with Crippen molar-refractivity contribution >= 4 is 5.52 Å². The Morgan fingerprint density at radius 2 is 2.00 bits per heavy atom. The Bertz CT molecular complexity index is 435. The molecule has 2 heterocycles. The van der Waals surface area contributed by atoms with Gasteiger partial charge in [-0.2, -0.15) is 5.10 Å². The van der Waals surface area contributed by atoms with E-state index in [1.54, 1.807) is 0 Å². The molecule has 0 N–H and O–H groups in total. The van der Waals surface area contributed by atoms with E-state index < -0.39 is 0 Å². The number of pyridine rings is 1. The van der Waals surface area contributed by atoms with Crippen molar-refractivity contribution < 1.29 is 0 Å². The largest absolute Gasteiger partial charge is 0.238 e. The van der Waals surface area contributed by atoms with Crippen LogP contribution in [-0.4, -0.2) is 9.61 Å². The van der Waals surface area contributed by atoms with Crippen LogP contribution >= 0.6 is 0 Å². The Morgan fingerprint density at radius 3 is 2.71 bits per heavy atom. The van der Waals surface area contributed by atoms with Gasteiger partial charge in [-0.15, -0.1) is 0 Å². The van der Waals surface area contributed by atoms with Crippen molar-refractivity contribution in [3.8, 4) is 0 Å². The van der Waals surface area contributed by atoms with Gasteiger partial charge in [0.2, 0.25) is 0 Å². The van der Waals surface area contributed by atoms with Crippen molar-refractivity contribution in [1.82, 2.24) is 9.61 Å². The average molecular weight is 188 g/mol. The van der Waals surface area contributed by atoms with Gasteiger partial charge >= 0.3 is 0 Å². The summed E-state index contributed by atoms with van der Waals surface area (Å²) in [6.45, 7) is 6.74. The SMILES string of the molecule is CC(C)(C)Cc1cccc2ccnn12. The van der Waals surface area contributed by atoms with E-state index in [9.17, 15) is 0 Å². The lowest BCUT2D eigenvalue weighted by atomic mass is 9.90. The molecule has 0 fully saturated rings. The zero-order chi connectivity index (χ0) is 10.2. The van der Waals surface area contributed by atoms with Gasteiger partial charge in [0.25, 0.3) is 0 Å². The number of hydrogen-bond acceptors (Lipinski definition) is 1. The summed E-state index contributed by atoms with van der Waals surface area (Å²) in [4.78, 5) is 0. The van der Waals surface area contributed by atoms with E-state index in [4.69, 9.17) is 0 Å². The van der Waals surface area contributed by atoms with E-state index in [1.807, 2.05) is 16.8 Å². The van der Waals surface area contributed by atoms with Crippen LogP contribution in [0.2, 0.25) is 0 Å². The maximum atomic E-state index is 4.32. The first kappa shape index (κ1) is 9.25. The van der Waals surface area contributed by atoms with Gasteiger partial charge in [-0.3, -0.25) is 0 Å². The third kappa shape index (κ3) is 1.79. The Kier molecular flexibility index (Phi) is 2.06. The summed E-state index contributed by atoms with van der Waals surface area (Å²) in [6, 6.07) is 8.36. The summed E-state index contributed by atoms with van der Waals surface area (Å²) in [5.74, 6) is 0. The predicted octanol–water partition coefficient (Wildman–Crippen LogP) is 2.92. The molecular formula is C12H16N2. The van der Waals surface area contributed by atoms with E-state index in [-0.39, 0.29) is 0 Å². The van der Waals surface area contributed by atoms with Gasteiger partial charge in [-0.1, -0.05) is 26.8 Å². The molecule has 0 aromatic carbocycles. The number of hydrogen-bond donors (Lipinski definition) is 0. The van der Waals surface area contributed by atoms with Crippen LogP contribution < -0.4 is 0 Å². The Balaban J connectivity index is 2.46. The maximum Gasteiger partial charge on any atom is 0.0664 e. The average Bonchev–Trinajstić information content (AvgIpc) is 2.49. The fraction of sp³-hybridized carbons (Fsp3) is 0.417. The van der Waals surface area contributed by atoms with Crippen LogP contribution in [0, 0.1) is 5.41 Å². The zero-order valence-corrected chi connectivity index (χ0v) is 8.99. The smallest absolute Gasteiger partial charge is 0.0664 e. The highest BCUT2D eigenvalue weighted by atomic mass is 15.2. The molecule has 74 valence electrons. The predicted molar refractivity (Wildman–Crippen MR) is 58.4 cm³/mol. The summed E-state index contributed by atoms with van der Waals surface area (Å²) in [5.41, 5.74) is 2.76. The van der Waals surface area contributed by atoms with Crippen molar-refractivity contribution in [3.63, 3.8) is 0 Å². The van der Waals surface area contributed by atoms with E-state index in [0.29, 0.717) is 5.41 Å². The molecule has 2 aromatic rings. The number of rotatable bonds is 1. The van der Waals surface area contributed by atoms with Crippen LogP contribution in [-0.2, 0) is 6.42 Å². The molecule has 2 heteroatoms. The maximum absolute atomic E-state index is 4.32. The third-order valence-electron chi connectivity index (χ3n) is 2.21. The minimum Gasteiger partial charge on any atom is -0.238 e. The van der Waals surface area contributed by atoms with Crippen LogP contribution in [0.5, 0.6) is 0 Å². The molecule has 0 aliphatic rings. The van der Waals surface area contributed by atoms with Gasteiger partial charge in [0.05, 0.1) is 5.52 Å². The lowest BCUT2D eigenvalue weighted by Crippen LogP contribution is -2.12. The van der Waals surface area contributed by atoms with Crippen molar-refractivity contribution in [2.75, 3.05) is 0 Å². The molecule has 0 aliphatic heterocycles. The topological polar surface area (TPSA) is 17.3 Å². The van der Waals surface area contributed by atoms with Gasteiger partial charge < -0.3 is 0 Å². The molecule has 0 bridgehead atoms. The van der Waals surface area contributed by atoms with Crippen molar-refractivity contribution in [2.45, 2.75) is 27.2 Å². The monoisotopic (exact) mass is 188 g/mol. The van der Waals surface area contributed by atoms with Crippen LogP contribution in [0.4, 0.5) is 0 Å². The third-order valence-corrected chi connectivity index (χ3v) is 2.21. The quantitative estimate of drug-likeness (QED) is 0.672. The van der Waals surface area contributed by atoms with E-state index >= 15 is 0 Å². The second-order valence-corrected chi connectivity index (χ2v) is 4.92. The van der Waals surface area contributed by atoms with Gasteiger partial charge in [0.15, 0.2) is 0 Å². The lowest BCUT2D eigenvalue weighted by molar-refractivity contribution is 0.402. The highest BCUT2D eigenvalue weighted by Gasteiger charge is 2.13. The number of aromatic nitrogens is 2. The molecule has 14 heavy (non-hydrogen) atoms. The molecule has 2 nitrogen and oxygen atoms in total. The van der Waals surface area contributed by atoms with Crippen molar-refractivity contribution in [2.24, 2.45) is 5.41 Å². The first-order valence-corrected chi connectivity index (χ1v) is 4.98. The highest BCUT2D eigenvalue weighted by Crippen LogP contribution is 2.20. The molecule has 2 rings (SSSR count). The standard InChI is InChI=1S/C12H16N2/c1-12(2,3)9-11-6-4-5-10-7-8-13-14(10)11/h4-8H,9H2,1-3H3. The molecule has 0 spiro atoms. The van der Waals surface area contributed by atoms with E-state index in [2.05, 4.69) is 44.1 Å². The molecule has 0 unspecified atom stereocenters. The van der Waals surface area contributed by atoms with Crippen LogP contribution in [0.25, 0.3) is 5.52 Å². The Morgan fingerprint density at radius 1 is 1.21 bits per heavy atom. The van der Waals surface area contributed by atoms with Crippen molar-refractivity contribution in [1.29, 1.82) is 0 Å². The fourth-order valence-electron chi connectivity index (χ4n) is 1.69. The van der Waals surface area contributed by atoms with Gasteiger partial charge in [0, 0.05) is 11.9 Å².